The third kappa shape index (κ3) is 9.29. The zero-order valence-electron chi connectivity index (χ0n) is 20.5. The summed E-state index contributed by atoms with van der Waals surface area (Å²) >= 11 is 0. The number of hydrogen-bond donors (Lipinski definition) is 2. The summed E-state index contributed by atoms with van der Waals surface area (Å²) in [6, 6.07) is 6.14. The van der Waals surface area contributed by atoms with E-state index in [4.69, 9.17) is 9.73 Å². The number of rotatable bonds is 16. The molecule has 0 radical (unpaired) electrons. The van der Waals surface area contributed by atoms with Gasteiger partial charge in [-0.2, -0.15) is 0 Å². The molecule has 2 N–H and O–H groups in total. The molecule has 182 valence electrons. The molecule has 2 aromatic heterocycles. The van der Waals surface area contributed by atoms with Crippen molar-refractivity contribution in [2.24, 2.45) is 4.99 Å². The highest BCUT2D eigenvalue weighted by Gasteiger charge is 2.12. The number of aromatic amines is 2. The summed E-state index contributed by atoms with van der Waals surface area (Å²) in [4.78, 5) is 11.6. The average molecular weight is 472 g/mol. The molecule has 1 aliphatic heterocycles. The predicted molar refractivity (Wildman–Crippen MR) is 145 cm³/mol. The van der Waals surface area contributed by atoms with Gasteiger partial charge in [0.25, 0.3) is 0 Å². The lowest BCUT2D eigenvalue weighted by Gasteiger charge is -2.03. The Morgan fingerprint density at radius 2 is 1.61 bits per heavy atom. The highest BCUT2D eigenvalue weighted by molar-refractivity contribution is 5.99. The first-order chi connectivity index (χ1) is 15.8. The zero-order chi connectivity index (χ0) is 22.4. The van der Waals surface area contributed by atoms with E-state index in [0.717, 1.165) is 41.4 Å². The topological polar surface area (TPSA) is 53.2 Å². The van der Waals surface area contributed by atoms with Crippen LogP contribution in [0.25, 0.3) is 17.5 Å². The summed E-state index contributed by atoms with van der Waals surface area (Å²) in [5, 5.41) is 0. The van der Waals surface area contributed by atoms with Crippen LogP contribution in [0.15, 0.2) is 47.2 Å². The molecule has 0 aliphatic carbocycles. The molecule has 0 fully saturated rings. The number of halogens is 1. The Morgan fingerprint density at radius 3 is 2.27 bits per heavy atom. The molecular formula is C28H42ClN3O. The second-order valence-corrected chi connectivity index (χ2v) is 8.83. The second kappa shape index (κ2) is 15.6. The average Bonchev–Trinajstić information content (AvgIpc) is 3.55. The summed E-state index contributed by atoms with van der Waals surface area (Å²) < 4.78 is 5.98. The number of ether oxygens (including phenoxy) is 1. The van der Waals surface area contributed by atoms with Gasteiger partial charge in [0.2, 0.25) is 0 Å². The summed E-state index contributed by atoms with van der Waals surface area (Å²) in [6.07, 6.45) is 24.0. The molecule has 0 saturated heterocycles. The highest BCUT2D eigenvalue weighted by Crippen LogP contribution is 2.29. The SMILES string of the molecule is CCCCCCCCCCCCC1=N/C(=C/c2[nH]c(-c3ccc[nH]3)cc2OCCC)C=C1.Cl. The van der Waals surface area contributed by atoms with Crippen LogP contribution in [0.1, 0.15) is 96.6 Å². The molecule has 0 unspecified atom stereocenters. The first-order valence-electron chi connectivity index (χ1n) is 12.8. The molecule has 3 rings (SSSR count). The Bertz CT molecular complexity index is 877. The third-order valence-corrected chi connectivity index (χ3v) is 5.96. The van der Waals surface area contributed by atoms with Crippen LogP contribution in [-0.2, 0) is 0 Å². The lowest BCUT2D eigenvalue weighted by atomic mass is 10.0. The molecule has 0 bridgehead atoms. The molecule has 0 amide bonds. The second-order valence-electron chi connectivity index (χ2n) is 8.83. The van der Waals surface area contributed by atoms with Crippen molar-refractivity contribution in [1.29, 1.82) is 0 Å². The van der Waals surface area contributed by atoms with E-state index in [1.807, 2.05) is 12.3 Å². The normalized spacial score (nSPS) is 14.0. The van der Waals surface area contributed by atoms with Gasteiger partial charge in [0, 0.05) is 18.0 Å². The van der Waals surface area contributed by atoms with E-state index < -0.39 is 0 Å². The zero-order valence-corrected chi connectivity index (χ0v) is 21.3. The van der Waals surface area contributed by atoms with Crippen molar-refractivity contribution in [1.82, 2.24) is 9.97 Å². The van der Waals surface area contributed by atoms with Crippen LogP contribution >= 0.6 is 12.4 Å². The third-order valence-electron chi connectivity index (χ3n) is 5.96. The van der Waals surface area contributed by atoms with Gasteiger partial charge in [0.05, 0.1) is 29.4 Å². The highest BCUT2D eigenvalue weighted by atomic mass is 35.5. The van der Waals surface area contributed by atoms with Crippen molar-refractivity contribution in [3.63, 3.8) is 0 Å². The van der Waals surface area contributed by atoms with Gasteiger partial charge in [-0.05, 0) is 49.6 Å². The van der Waals surface area contributed by atoms with E-state index in [2.05, 4.69) is 54.2 Å². The molecule has 0 aromatic carbocycles. The van der Waals surface area contributed by atoms with Crippen LogP contribution < -0.4 is 4.74 Å². The Kier molecular flexibility index (Phi) is 12.8. The Balaban J connectivity index is 0.00000385. The smallest absolute Gasteiger partial charge is 0.144 e. The van der Waals surface area contributed by atoms with E-state index in [9.17, 15) is 0 Å². The maximum atomic E-state index is 5.98. The summed E-state index contributed by atoms with van der Waals surface area (Å²) in [7, 11) is 0. The van der Waals surface area contributed by atoms with Crippen LogP contribution in [0, 0.1) is 0 Å². The Morgan fingerprint density at radius 1 is 0.879 bits per heavy atom. The number of nitrogens with zero attached hydrogens (tertiary/aromatic N) is 1. The van der Waals surface area contributed by atoms with Crippen LogP contribution in [0.5, 0.6) is 5.75 Å². The minimum Gasteiger partial charge on any atom is -0.491 e. The maximum Gasteiger partial charge on any atom is 0.144 e. The molecular weight excluding hydrogens is 430 g/mol. The molecule has 4 nitrogen and oxygen atoms in total. The number of hydrogen-bond acceptors (Lipinski definition) is 2. The van der Waals surface area contributed by atoms with Gasteiger partial charge in [0.15, 0.2) is 0 Å². The van der Waals surface area contributed by atoms with Crippen molar-refractivity contribution in [2.45, 2.75) is 90.9 Å². The van der Waals surface area contributed by atoms with Gasteiger partial charge in [-0.15, -0.1) is 12.4 Å². The van der Waals surface area contributed by atoms with E-state index in [-0.39, 0.29) is 12.4 Å². The lowest BCUT2D eigenvalue weighted by molar-refractivity contribution is 0.317. The first kappa shape index (κ1) is 27.0. The van der Waals surface area contributed by atoms with Gasteiger partial charge in [-0.3, -0.25) is 4.99 Å². The van der Waals surface area contributed by atoms with E-state index in [1.54, 1.807) is 0 Å². The van der Waals surface area contributed by atoms with Gasteiger partial charge < -0.3 is 14.7 Å². The molecule has 5 heteroatoms. The Labute approximate surface area is 206 Å². The van der Waals surface area contributed by atoms with Crippen LogP contribution in [-0.4, -0.2) is 22.3 Å². The van der Waals surface area contributed by atoms with E-state index in [1.165, 1.54) is 69.9 Å². The number of allylic oxidation sites excluding steroid dienone is 2. The lowest BCUT2D eigenvalue weighted by Crippen LogP contribution is -1.95. The number of aliphatic imine (C=N–C) groups is 1. The van der Waals surface area contributed by atoms with E-state index >= 15 is 0 Å². The van der Waals surface area contributed by atoms with Crippen LogP contribution in [0.2, 0.25) is 0 Å². The molecule has 33 heavy (non-hydrogen) atoms. The molecule has 0 atom stereocenters. The minimum atomic E-state index is 0. The largest absolute Gasteiger partial charge is 0.491 e. The predicted octanol–water partition coefficient (Wildman–Crippen LogP) is 8.88. The van der Waals surface area contributed by atoms with Gasteiger partial charge in [-0.1, -0.05) is 71.6 Å². The van der Waals surface area contributed by atoms with Gasteiger partial charge in [-0.25, -0.2) is 0 Å². The quantitative estimate of drug-likeness (QED) is 0.236. The fourth-order valence-electron chi connectivity index (χ4n) is 4.12. The van der Waals surface area contributed by atoms with Crippen molar-refractivity contribution in [3.05, 3.63) is 47.9 Å². The van der Waals surface area contributed by atoms with Crippen LogP contribution in [0.3, 0.4) is 0 Å². The van der Waals surface area contributed by atoms with Crippen molar-refractivity contribution < 1.29 is 4.74 Å². The van der Waals surface area contributed by atoms with E-state index in [0.29, 0.717) is 6.61 Å². The number of unbranched alkanes of at least 4 members (excludes halogenated alkanes) is 9. The Hall–Kier alpha value is -2.20. The van der Waals surface area contributed by atoms with Gasteiger partial charge in [0.1, 0.15) is 5.75 Å². The number of H-pyrrole nitrogens is 2. The maximum absolute atomic E-state index is 5.98. The molecule has 0 spiro atoms. The first-order valence-corrected chi connectivity index (χ1v) is 12.8. The molecule has 0 saturated carbocycles. The standard InChI is InChI=1S/C28H41N3O.ClH/c1-3-5-6-7-8-9-10-11-12-13-15-23-17-18-24(30-23)21-27-28(32-20-4-2)22-26(31-27)25-16-14-19-29-25;/h14,16-19,21-22,29,31H,3-13,15,20H2,1-2H3;1H/b24-21+;. The molecule has 3 heterocycles. The number of nitrogens with one attached hydrogen (secondary N) is 2. The molecule has 1 aliphatic rings. The van der Waals surface area contributed by atoms with Crippen molar-refractivity contribution in [3.8, 4) is 17.1 Å². The van der Waals surface area contributed by atoms with Gasteiger partial charge >= 0.3 is 0 Å². The number of aromatic nitrogens is 2. The summed E-state index contributed by atoms with van der Waals surface area (Å²) in [5.74, 6) is 0.885. The minimum absolute atomic E-state index is 0. The van der Waals surface area contributed by atoms with Crippen molar-refractivity contribution in [2.75, 3.05) is 6.61 Å². The summed E-state index contributed by atoms with van der Waals surface area (Å²) in [5.41, 5.74) is 5.26. The summed E-state index contributed by atoms with van der Waals surface area (Å²) in [6.45, 7) is 5.12. The van der Waals surface area contributed by atoms with Crippen molar-refractivity contribution >= 4 is 24.2 Å². The van der Waals surface area contributed by atoms with Crippen LogP contribution in [0.4, 0.5) is 0 Å². The molecule has 2 aromatic rings. The fraction of sp³-hybridized carbons (Fsp3) is 0.536. The fourth-order valence-corrected chi connectivity index (χ4v) is 4.12. The monoisotopic (exact) mass is 471 g/mol.